The van der Waals surface area contributed by atoms with E-state index in [-0.39, 0.29) is 29.9 Å². The molecule has 0 fully saturated rings. The molecule has 0 unspecified atom stereocenters. The number of nitrogens with zero attached hydrogens (tertiary/aromatic N) is 2. The Morgan fingerprint density at radius 1 is 1.32 bits per heavy atom. The third kappa shape index (κ3) is 8.78. The van der Waals surface area contributed by atoms with E-state index in [1.807, 2.05) is 13.0 Å². The number of carbonyl (C=O) groups is 1. The minimum Gasteiger partial charge on any atom is -0.383 e. The largest absolute Gasteiger partial charge is 0.383 e. The maximum Gasteiger partial charge on any atom is 0.227 e. The summed E-state index contributed by atoms with van der Waals surface area (Å²) in [5, 5.41) is 8.87. The van der Waals surface area contributed by atoms with E-state index in [0.29, 0.717) is 37.9 Å². The first-order chi connectivity index (χ1) is 10.2. The van der Waals surface area contributed by atoms with Crippen LogP contribution in [-0.2, 0) is 9.53 Å². The summed E-state index contributed by atoms with van der Waals surface area (Å²) in [6.45, 7) is 3.70. The molecule has 0 bridgehead atoms. The highest BCUT2D eigenvalue weighted by atomic mass is 127. The monoisotopic (exact) mass is 421 g/mol. The van der Waals surface area contributed by atoms with Gasteiger partial charge in [-0.1, -0.05) is 6.07 Å². The molecule has 0 aliphatic rings. The third-order valence-corrected chi connectivity index (χ3v) is 2.65. The summed E-state index contributed by atoms with van der Waals surface area (Å²) < 4.78 is 4.94. The van der Waals surface area contributed by atoms with E-state index in [0.717, 1.165) is 5.56 Å². The van der Waals surface area contributed by atoms with Gasteiger partial charge in [-0.3, -0.25) is 9.79 Å². The lowest BCUT2D eigenvalue weighted by molar-refractivity contribution is -0.116. The SMILES string of the molecule is CN=C(NCCOC)NCCC(=O)Nc1ccc(C)cn1.I. The van der Waals surface area contributed by atoms with Crippen LogP contribution in [0.25, 0.3) is 0 Å². The van der Waals surface area contributed by atoms with E-state index in [1.165, 1.54) is 0 Å². The minimum atomic E-state index is -0.0915. The van der Waals surface area contributed by atoms with Gasteiger partial charge in [-0.25, -0.2) is 4.98 Å². The highest BCUT2D eigenvalue weighted by molar-refractivity contribution is 14.0. The molecule has 0 spiro atoms. The van der Waals surface area contributed by atoms with Gasteiger partial charge in [-0.2, -0.15) is 0 Å². The number of pyridine rings is 1. The molecule has 1 amide bonds. The molecular weight excluding hydrogens is 397 g/mol. The molecule has 0 aliphatic carbocycles. The molecule has 1 rings (SSSR count). The van der Waals surface area contributed by atoms with Gasteiger partial charge in [0.2, 0.25) is 5.91 Å². The Bertz CT molecular complexity index is 465. The molecule has 0 saturated carbocycles. The maximum absolute atomic E-state index is 11.8. The highest BCUT2D eigenvalue weighted by Crippen LogP contribution is 2.03. The number of carbonyl (C=O) groups excluding carboxylic acids is 1. The van der Waals surface area contributed by atoms with Gasteiger partial charge < -0.3 is 20.7 Å². The molecule has 0 radical (unpaired) electrons. The van der Waals surface area contributed by atoms with Gasteiger partial charge >= 0.3 is 0 Å². The van der Waals surface area contributed by atoms with Crippen LogP contribution in [0.1, 0.15) is 12.0 Å². The van der Waals surface area contributed by atoms with E-state index in [2.05, 4.69) is 25.9 Å². The number of rotatable bonds is 7. The second kappa shape index (κ2) is 12.2. The fourth-order valence-corrected chi connectivity index (χ4v) is 1.53. The first kappa shape index (κ1) is 20.6. The van der Waals surface area contributed by atoms with Crippen molar-refractivity contribution in [2.24, 2.45) is 4.99 Å². The summed E-state index contributed by atoms with van der Waals surface area (Å²) in [6.07, 6.45) is 2.05. The number of anilines is 1. The van der Waals surface area contributed by atoms with Gasteiger partial charge in [0.15, 0.2) is 5.96 Å². The quantitative estimate of drug-likeness (QED) is 0.266. The van der Waals surface area contributed by atoms with Gasteiger partial charge in [0.05, 0.1) is 6.61 Å². The minimum absolute atomic E-state index is 0. The summed E-state index contributed by atoms with van der Waals surface area (Å²) in [7, 11) is 3.32. The Labute approximate surface area is 148 Å². The predicted octanol–water partition coefficient (Wildman–Crippen LogP) is 1.15. The van der Waals surface area contributed by atoms with E-state index in [1.54, 1.807) is 26.4 Å². The van der Waals surface area contributed by atoms with Crippen molar-refractivity contribution in [2.45, 2.75) is 13.3 Å². The summed E-state index contributed by atoms with van der Waals surface area (Å²) >= 11 is 0. The first-order valence-corrected chi connectivity index (χ1v) is 6.81. The Morgan fingerprint density at radius 2 is 2.05 bits per heavy atom. The lowest BCUT2D eigenvalue weighted by Crippen LogP contribution is -2.40. The number of amides is 1. The molecule has 3 N–H and O–H groups in total. The van der Waals surface area contributed by atoms with Crippen LogP contribution >= 0.6 is 24.0 Å². The maximum atomic E-state index is 11.8. The van der Waals surface area contributed by atoms with Crippen LogP contribution in [0.5, 0.6) is 0 Å². The number of aromatic nitrogens is 1. The predicted molar refractivity (Wildman–Crippen MR) is 98.9 cm³/mol. The molecular formula is C14H24IN5O2. The molecule has 22 heavy (non-hydrogen) atoms. The fourth-order valence-electron chi connectivity index (χ4n) is 1.53. The summed E-state index contributed by atoms with van der Waals surface area (Å²) in [5.74, 6) is 1.12. The Hall–Kier alpha value is -1.42. The third-order valence-electron chi connectivity index (χ3n) is 2.65. The molecule has 0 aromatic carbocycles. The van der Waals surface area contributed by atoms with Gasteiger partial charge in [0.25, 0.3) is 0 Å². The zero-order chi connectivity index (χ0) is 15.5. The molecule has 0 saturated heterocycles. The number of hydrogen-bond donors (Lipinski definition) is 3. The number of halogens is 1. The topological polar surface area (TPSA) is 87.6 Å². The number of hydrogen-bond acceptors (Lipinski definition) is 4. The second-order valence-electron chi connectivity index (χ2n) is 4.44. The van der Waals surface area contributed by atoms with Crippen molar-refractivity contribution in [1.82, 2.24) is 15.6 Å². The second-order valence-corrected chi connectivity index (χ2v) is 4.44. The molecule has 0 atom stereocenters. The van der Waals surface area contributed by atoms with Gasteiger partial charge in [-0.15, -0.1) is 24.0 Å². The number of methoxy groups -OCH3 is 1. The average molecular weight is 421 g/mol. The molecule has 1 heterocycles. The van der Waals surface area contributed by atoms with Crippen molar-refractivity contribution >= 4 is 41.7 Å². The molecule has 1 aromatic heterocycles. The number of aryl methyl sites for hydroxylation is 1. The van der Waals surface area contributed by atoms with Crippen molar-refractivity contribution in [3.8, 4) is 0 Å². The molecule has 7 nitrogen and oxygen atoms in total. The van der Waals surface area contributed by atoms with Crippen LogP contribution < -0.4 is 16.0 Å². The van der Waals surface area contributed by atoms with E-state index >= 15 is 0 Å². The van der Waals surface area contributed by atoms with Crippen molar-refractivity contribution in [3.05, 3.63) is 23.9 Å². The first-order valence-electron chi connectivity index (χ1n) is 6.81. The standard InChI is InChI=1S/C14H23N5O2.HI/c1-11-4-5-12(18-10-11)19-13(20)6-7-16-14(15-2)17-8-9-21-3;/h4-5,10H,6-9H2,1-3H3,(H2,15,16,17)(H,18,19,20);1H. The number of guanidine groups is 1. The van der Waals surface area contributed by atoms with Gasteiger partial charge in [0, 0.05) is 39.9 Å². The van der Waals surface area contributed by atoms with E-state index in [9.17, 15) is 4.79 Å². The molecule has 0 aliphatic heterocycles. The van der Waals surface area contributed by atoms with Crippen molar-refractivity contribution in [1.29, 1.82) is 0 Å². The smallest absolute Gasteiger partial charge is 0.227 e. The number of nitrogens with one attached hydrogen (secondary N) is 3. The van der Waals surface area contributed by atoms with Crippen LogP contribution in [0.15, 0.2) is 23.3 Å². The molecule has 8 heteroatoms. The zero-order valence-electron chi connectivity index (χ0n) is 13.2. The number of ether oxygens (including phenoxy) is 1. The van der Waals surface area contributed by atoms with Crippen molar-refractivity contribution in [2.75, 3.05) is 39.2 Å². The van der Waals surface area contributed by atoms with Crippen LogP contribution in [0.4, 0.5) is 5.82 Å². The van der Waals surface area contributed by atoms with Crippen LogP contribution in [-0.4, -0.2) is 50.7 Å². The zero-order valence-corrected chi connectivity index (χ0v) is 15.5. The summed E-state index contributed by atoms with van der Waals surface area (Å²) in [6, 6.07) is 3.69. The Morgan fingerprint density at radius 3 is 2.64 bits per heavy atom. The highest BCUT2D eigenvalue weighted by Gasteiger charge is 2.04. The molecule has 1 aromatic rings. The normalized spacial score (nSPS) is 10.6. The molecule has 124 valence electrons. The lowest BCUT2D eigenvalue weighted by Gasteiger charge is -2.11. The number of aliphatic imine (C=N–C) groups is 1. The van der Waals surface area contributed by atoms with Gasteiger partial charge in [0.1, 0.15) is 5.82 Å². The summed E-state index contributed by atoms with van der Waals surface area (Å²) in [5.41, 5.74) is 1.06. The van der Waals surface area contributed by atoms with E-state index < -0.39 is 0 Å². The fraction of sp³-hybridized carbons (Fsp3) is 0.500. The van der Waals surface area contributed by atoms with E-state index in [4.69, 9.17) is 4.74 Å². The Kier molecular flexibility index (Phi) is 11.4. The summed E-state index contributed by atoms with van der Waals surface area (Å²) in [4.78, 5) is 19.9. The van der Waals surface area contributed by atoms with Crippen LogP contribution in [0, 0.1) is 6.92 Å². The van der Waals surface area contributed by atoms with Crippen molar-refractivity contribution < 1.29 is 9.53 Å². The lowest BCUT2D eigenvalue weighted by atomic mass is 10.3. The Balaban J connectivity index is 0.00000441. The van der Waals surface area contributed by atoms with Crippen molar-refractivity contribution in [3.63, 3.8) is 0 Å². The van der Waals surface area contributed by atoms with Gasteiger partial charge in [-0.05, 0) is 18.6 Å². The van der Waals surface area contributed by atoms with Crippen LogP contribution in [0.2, 0.25) is 0 Å². The average Bonchev–Trinajstić information content (AvgIpc) is 2.48. The van der Waals surface area contributed by atoms with Crippen LogP contribution in [0.3, 0.4) is 0 Å².